The molecule has 0 saturated heterocycles. The van der Waals surface area contributed by atoms with Crippen LogP contribution in [0.5, 0.6) is 11.5 Å². The van der Waals surface area contributed by atoms with E-state index in [9.17, 15) is 4.79 Å². The van der Waals surface area contributed by atoms with Gasteiger partial charge in [-0.1, -0.05) is 31.5 Å². The second-order valence-corrected chi connectivity index (χ2v) is 6.03. The van der Waals surface area contributed by atoms with Crippen LogP contribution in [-0.4, -0.2) is 33.4 Å². The van der Waals surface area contributed by atoms with E-state index in [-0.39, 0.29) is 12.1 Å². The highest BCUT2D eigenvalue weighted by atomic mass is 16.5. The van der Waals surface area contributed by atoms with Crippen LogP contribution >= 0.6 is 0 Å². The molecule has 0 aliphatic carbocycles. The van der Waals surface area contributed by atoms with Crippen molar-refractivity contribution in [1.82, 2.24) is 5.32 Å². The quantitative estimate of drug-likeness (QED) is 0.607. The molecule has 0 heterocycles. The maximum Gasteiger partial charge on any atom is 0.319 e. The smallest absolute Gasteiger partial charge is 0.319 e. The van der Waals surface area contributed by atoms with Gasteiger partial charge in [0.15, 0.2) is 0 Å². The first-order valence-corrected chi connectivity index (χ1v) is 9.11. The molecule has 0 spiro atoms. The first kappa shape index (κ1) is 20.6. The van der Waals surface area contributed by atoms with Gasteiger partial charge in [-0.15, -0.1) is 0 Å². The zero-order chi connectivity index (χ0) is 19.5. The summed E-state index contributed by atoms with van der Waals surface area (Å²) in [6.07, 6.45) is 1.81. The van der Waals surface area contributed by atoms with Crippen molar-refractivity contribution in [3.8, 4) is 11.5 Å². The summed E-state index contributed by atoms with van der Waals surface area (Å²) in [6, 6.07) is 14.6. The maximum absolute atomic E-state index is 12.2. The van der Waals surface area contributed by atoms with Gasteiger partial charge in [0.25, 0.3) is 0 Å². The second-order valence-electron chi connectivity index (χ2n) is 6.03. The van der Waals surface area contributed by atoms with Gasteiger partial charge in [-0.25, -0.2) is 4.79 Å². The molecule has 0 aliphatic heterocycles. The van der Waals surface area contributed by atoms with Crippen molar-refractivity contribution < 1.29 is 19.0 Å². The summed E-state index contributed by atoms with van der Waals surface area (Å²) in [4.78, 5) is 12.2. The van der Waals surface area contributed by atoms with Gasteiger partial charge in [-0.2, -0.15) is 0 Å². The summed E-state index contributed by atoms with van der Waals surface area (Å²) in [5, 5.41) is 5.63. The molecule has 1 unspecified atom stereocenters. The van der Waals surface area contributed by atoms with Gasteiger partial charge in [-0.3, -0.25) is 0 Å². The molecule has 0 radical (unpaired) electrons. The Morgan fingerprint density at radius 3 is 2.48 bits per heavy atom. The number of para-hydroxylation sites is 1. The number of amides is 2. The summed E-state index contributed by atoms with van der Waals surface area (Å²) >= 11 is 0. The molecule has 6 nitrogen and oxygen atoms in total. The number of methoxy groups -OCH3 is 2. The van der Waals surface area contributed by atoms with Crippen molar-refractivity contribution in [2.75, 3.05) is 32.7 Å². The molecular formula is C21H28N2O4. The highest BCUT2D eigenvalue weighted by molar-refractivity contribution is 5.89. The van der Waals surface area contributed by atoms with Gasteiger partial charge in [0.2, 0.25) is 0 Å². The lowest BCUT2D eigenvalue weighted by Gasteiger charge is -2.19. The predicted octanol–water partition coefficient (Wildman–Crippen LogP) is 4.38. The van der Waals surface area contributed by atoms with Crippen molar-refractivity contribution in [2.45, 2.75) is 25.9 Å². The van der Waals surface area contributed by atoms with E-state index >= 15 is 0 Å². The number of hydrogen-bond acceptors (Lipinski definition) is 4. The molecule has 2 N–H and O–H groups in total. The van der Waals surface area contributed by atoms with E-state index in [2.05, 4.69) is 17.6 Å². The van der Waals surface area contributed by atoms with Gasteiger partial charge < -0.3 is 24.8 Å². The van der Waals surface area contributed by atoms with Crippen molar-refractivity contribution in [1.29, 1.82) is 0 Å². The standard InChI is InChI=1S/C21H28N2O4/c1-4-5-14-27-17-12-10-16(11-13-17)23-21(24)22-15-20(26-3)18-8-6-7-9-19(18)25-2/h6-13,20H,4-5,14-15H2,1-3H3,(H2,22,23,24). The Morgan fingerprint density at radius 2 is 1.81 bits per heavy atom. The minimum absolute atomic E-state index is 0.299. The Hall–Kier alpha value is -2.73. The SMILES string of the molecule is CCCCOc1ccc(NC(=O)NCC(OC)c2ccccc2OC)cc1. The number of rotatable bonds is 10. The number of carbonyl (C=O) groups is 1. The minimum Gasteiger partial charge on any atom is -0.496 e. The lowest BCUT2D eigenvalue weighted by molar-refractivity contribution is 0.102. The number of anilines is 1. The van der Waals surface area contributed by atoms with E-state index in [1.54, 1.807) is 14.2 Å². The Balaban J connectivity index is 1.85. The fourth-order valence-corrected chi connectivity index (χ4v) is 2.58. The van der Waals surface area contributed by atoms with Crippen LogP contribution < -0.4 is 20.1 Å². The average molecular weight is 372 g/mol. The predicted molar refractivity (Wildman–Crippen MR) is 107 cm³/mol. The molecular weight excluding hydrogens is 344 g/mol. The number of nitrogens with one attached hydrogen (secondary N) is 2. The molecule has 6 heteroatoms. The van der Waals surface area contributed by atoms with E-state index in [4.69, 9.17) is 14.2 Å². The maximum atomic E-state index is 12.2. The van der Waals surface area contributed by atoms with E-state index in [0.717, 1.165) is 29.9 Å². The van der Waals surface area contributed by atoms with E-state index < -0.39 is 0 Å². The van der Waals surface area contributed by atoms with Crippen LogP contribution in [0.1, 0.15) is 31.4 Å². The van der Waals surface area contributed by atoms with Crippen molar-refractivity contribution >= 4 is 11.7 Å². The number of urea groups is 1. The molecule has 1 atom stereocenters. The molecule has 0 aromatic heterocycles. The number of unbranched alkanes of at least 4 members (excludes halogenated alkanes) is 1. The topological polar surface area (TPSA) is 68.8 Å². The van der Waals surface area contributed by atoms with Crippen LogP contribution in [0, 0.1) is 0 Å². The zero-order valence-electron chi connectivity index (χ0n) is 16.2. The molecule has 2 aromatic rings. The Labute approximate surface area is 160 Å². The number of carbonyl (C=O) groups excluding carboxylic acids is 1. The van der Waals surface area contributed by atoms with Gasteiger partial charge in [0.1, 0.15) is 17.6 Å². The number of ether oxygens (including phenoxy) is 3. The first-order chi connectivity index (χ1) is 13.2. The molecule has 2 amide bonds. The fraction of sp³-hybridized carbons (Fsp3) is 0.381. The monoisotopic (exact) mass is 372 g/mol. The fourth-order valence-electron chi connectivity index (χ4n) is 2.58. The second kappa shape index (κ2) is 11.1. The van der Waals surface area contributed by atoms with E-state index in [1.165, 1.54) is 0 Å². The summed E-state index contributed by atoms with van der Waals surface area (Å²) in [7, 11) is 3.22. The molecule has 146 valence electrons. The first-order valence-electron chi connectivity index (χ1n) is 9.11. The largest absolute Gasteiger partial charge is 0.496 e. The van der Waals surface area contributed by atoms with Gasteiger partial charge >= 0.3 is 6.03 Å². The van der Waals surface area contributed by atoms with E-state index in [0.29, 0.717) is 18.8 Å². The Kier molecular flexibility index (Phi) is 8.45. The lowest BCUT2D eigenvalue weighted by Crippen LogP contribution is -2.33. The van der Waals surface area contributed by atoms with Gasteiger partial charge in [0, 0.05) is 24.9 Å². The molecule has 0 fully saturated rings. The number of benzene rings is 2. The molecule has 0 aliphatic rings. The highest BCUT2D eigenvalue weighted by Crippen LogP contribution is 2.26. The zero-order valence-corrected chi connectivity index (χ0v) is 16.2. The van der Waals surface area contributed by atoms with Crippen LogP contribution in [0.4, 0.5) is 10.5 Å². The summed E-state index contributed by atoms with van der Waals surface area (Å²) < 4.78 is 16.5. The van der Waals surface area contributed by atoms with Crippen LogP contribution in [0.25, 0.3) is 0 Å². The van der Waals surface area contributed by atoms with Gasteiger partial charge in [-0.05, 0) is 36.8 Å². The normalized spacial score (nSPS) is 11.5. The summed E-state index contributed by atoms with van der Waals surface area (Å²) in [6.45, 7) is 3.14. The molecule has 2 rings (SSSR count). The molecule has 0 saturated carbocycles. The summed E-state index contributed by atoms with van der Waals surface area (Å²) in [5.41, 5.74) is 1.58. The van der Waals surface area contributed by atoms with E-state index in [1.807, 2.05) is 48.5 Å². The highest BCUT2D eigenvalue weighted by Gasteiger charge is 2.16. The number of hydrogen-bond donors (Lipinski definition) is 2. The van der Waals surface area contributed by atoms with Gasteiger partial charge in [0.05, 0.1) is 13.7 Å². The third-order valence-corrected chi connectivity index (χ3v) is 4.10. The molecule has 0 bridgehead atoms. The van der Waals surface area contributed by atoms with Crippen molar-refractivity contribution in [3.63, 3.8) is 0 Å². The average Bonchev–Trinajstić information content (AvgIpc) is 2.70. The molecule has 27 heavy (non-hydrogen) atoms. The Bertz CT molecular complexity index is 704. The molecule has 2 aromatic carbocycles. The van der Waals surface area contributed by atoms with Crippen LogP contribution in [-0.2, 0) is 4.74 Å². The van der Waals surface area contributed by atoms with Crippen LogP contribution in [0.15, 0.2) is 48.5 Å². The third-order valence-electron chi connectivity index (χ3n) is 4.10. The summed E-state index contributed by atoms with van der Waals surface area (Å²) in [5.74, 6) is 1.52. The van der Waals surface area contributed by atoms with Crippen LogP contribution in [0.3, 0.4) is 0 Å². The Morgan fingerprint density at radius 1 is 1.07 bits per heavy atom. The minimum atomic E-state index is -0.304. The van der Waals surface area contributed by atoms with Crippen molar-refractivity contribution in [3.05, 3.63) is 54.1 Å². The van der Waals surface area contributed by atoms with Crippen LogP contribution in [0.2, 0.25) is 0 Å². The van der Waals surface area contributed by atoms with Crippen molar-refractivity contribution in [2.24, 2.45) is 0 Å². The third kappa shape index (κ3) is 6.49. The lowest BCUT2D eigenvalue weighted by atomic mass is 10.1.